The summed E-state index contributed by atoms with van der Waals surface area (Å²) in [5.41, 5.74) is 13.1. The fourth-order valence-electron chi connectivity index (χ4n) is 3.25. The van der Waals surface area contributed by atoms with Crippen LogP contribution in [0.4, 0.5) is 5.69 Å². The summed E-state index contributed by atoms with van der Waals surface area (Å²) < 4.78 is 0. The molecule has 4 nitrogen and oxygen atoms in total. The van der Waals surface area contributed by atoms with Crippen LogP contribution in [0.15, 0.2) is 67.1 Å². The topological polar surface area (TPSA) is 63.0 Å². The first kappa shape index (κ1) is 16.8. The normalized spacial score (nSPS) is 14.0. The molecule has 0 fully saturated rings. The number of rotatable bonds is 6. The Hall–Kier alpha value is -3.01. The Labute approximate surface area is 149 Å². The summed E-state index contributed by atoms with van der Waals surface area (Å²) in [6.45, 7) is 12.1. The monoisotopic (exact) mass is 332 g/mol. The highest BCUT2D eigenvalue weighted by atomic mass is 15.1. The molecule has 25 heavy (non-hydrogen) atoms. The van der Waals surface area contributed by atoms with Gasteiger partial charge in [-0.25, -0.2) is 0 Å². The van der Waals surface area contributed by atoms with Crippen LogP contribution in [0.25, 0.3) is 11.3 Å². The second-order valence-electron chi connectivity index (χ2n) is 6.41. The third kappa shape index (κ3) is 3.58. The van der Waals surface area contributed by atoms with Crippen molar-refractivity contribution in [3.8, 4) is 0 Å². The van der Waals surface area contributed by atoms with Crippen LogP contribution in [-0.4, -0.2) is 11.0 Å². The summed E-state index contributed by atoms with van der Waals surface area (Å²) in [4.78, 5) is 4.26. The third-order valence-electron chi connectivity index (χ3n) is 4.59. The average Bonchev–Trinajstić information content (AvgIpc) is 2.92. The van der Waals surface area contributed by atoms with Crippen molar-refractivity contribution < 1.29 is 0 Å². The van der Waals surface area contributed by atoms with Gasteiger partial charge in [0, 0.05) is 6.04 Å². The summed E-state index contributed by atoms with van der Waals surface area (Å²) >= 11 is 0. The van der Waals surface area contributed by atoms with Crippen molar-refractivity contribution in [1.82, 2.24) is 10.3 Å². The highest BCUT2D eigenvalue weighted by Crippen LogP contribution is 2.33. The van der Waals surface area contributed by atoms with Gasteiger partial charge in [0.25, 0.3) is 0 Å². The number of allylic oxidation sites excluding steroid dienone is 1. The predicted octanol–water partition coefficient (Wildman–Crippen LogP) is 3.90. The van der Waals surface area contributed by atoms with Gasteiger partial charge in [-0.05, 0) is 54.7 Å². The van der Waals surface area contributed by atoms with Crippen LogP contribution in [0.3, 0.4) is 0 Å². The van der Waals surface area contributed by atoms with Crippen molar-refractivity contribution in [2.75, 3.05) is 5.32 Å². The van der Waals surface area contributed by atoms with Gasteiger partial charge in [-0.15, -0.1) is 0 Å². The molecule has 0 bridgehead atoms. The molecule has 128 valence electrons. The van der Waals surface area contributed by atoms with E-state index in [1.165, 1.54) is 22.3 Å². The van der Waals surface area contributed by atoms with E-state index in [2.05, 4.69) is 66.9 Å². The van der Waals surface area contributed by atoms with E-state index < -0.39 is 0 Å². The minimum atomic E-state index is 0.198. The molecule has 0 spiro atoms. The van der Waals surface area contributed by atoms with Gasteiger partial charge in [0.2, 0.25) is 0 Å². The molecular formula is C21H24N4. The number of aromatic nitrogens is 1. The molecule has 0 amide bonds. The Morgan fingerprint density at radius 1 is 1.20 bits per heavy atom. The van der Waals surface area contributed by atoms with Crippen LogP contribution < -0.4 is 16.4 Å². The van der Waals surface area contributed by atoms with E-state index in [1.807, 2.05) is 12.1 Å². The predicted molar refractivity (Wildman–Crippen MR) is 106 cm³/mol. The molecular weight excluding hydrogens is 308 g/mol. The van der Waals surface area contributed by atoms with Crippen LogP contribution in [-0.2, 0) is 6.42 Å². The lowest BCUT2D eigenvalue weighted by atomic mass is 10.0. The molecule has 1 heterocycles. The Morgan fingerprint density at radius 2 is 1.96 bits per heavy atom. The number of anilines is 1. The van der Waals surface area contributed by atoms with E-state index in [4.69, 9.17) is 5.73 Å². The molecule has 4 heteroatoms. The smallest absolute Gasteiger partial charge is 0.0962 e. The van der Waals surface area contributed by atoms with E-state index in [0.717, 1.165) is 17.9 Å². The molecule has 0 aliphatic heterocycles. The summed E-state index contributed by atoms with van der Waals surface area (Å²) in [6, 6.07) is 12.5. The summed E-state index contributed by atoms with van der Waals surface area (Å²) in [6.07, 6.45) is 2.71. The zero-order chi connectivity index (χ0) is 18.0. The number of nitrogens with one attached hydrogen (secondary N) is 2. The van der Waals surface area contributed by atoms with Crippen molar-refractivity contribution in [3.63, 3.8) is 0 Å². The second-order valence-corrected chi connectivity index (χ2v) is 6.41. The molecule has 0 radical (unpaired) electrons. The van der Waals surface area contributed by atoms with Gasteiger partial charge in [-0.3, -0.25) is 4.98 Å². The number of fused-ring (bicyclic) bond motifs is 1. The Kier molecular flexibility index (Phi) is 4.61. The fraction of sp³-hybridized carbons (Fsp3) is 0.190. The van der Waals surface area contributed by atoms with Crippen molar-refractivity contribution >= 4 is 17.0 Å². The summed E-state index contributed by atoms with van der Waals surface area (Å²) in [5.74, 6) is 0.741. The van der Waals surface area contributed by atoms with Crippen LogP contribution in [0, 0.1) is 0 Å². The molecule has 3 rings (SSSR count). The molecule has 1 unspecified atom stereocenters. The van der Waals surface area contributed by atoms with Gasteiger partial charge in [0.1, 0.15) is 0 Å². The number of pyridine rings is 1. The van der Waals surface area contributed by atoms with Gasteiger partial charge in [-0.1, -0.05) is 37.4 Å². The first-order chi connectivity index (χ1) is 12.0. The minimum absolute atomic E-state index is 0.198. The number of nitrogens with zero attached hydrogens (tertiary/aromatic N) is 1. The van der Waals surface area contributed by atoms with Crippen molar-refractivity contribution in [2.45, 2.75) is 26.3 Å². The number of hydrogen-bond acceptors (Lipinski definition) is 4. The molecule has 0 saturated carbocycles. The zero-order valence-corrected chi connectivity index (χ0v) is 14.8. The van der Waals surface area contributed by atoms with E-state index in [-0.39, 0.29) is 6.04 Å². The largest absolute Gasteiger partial charge is 0.397 e. The summed E-state index contributed by atoms with van der Waals surface area (Å²) in [5, 5.41) is 6.68. The Morgan fingerprint density at radius 3 is 2.60 bits per heavy atom. The SMILES string of the molecule is C=C(Nc1ccc(C(=C)N)nc1)NC(C)C1=C(C)c2ccccc2C1. The van der Waals surface area contributed by atoms with E-state index >= 15 is 0 Å². The molecule has 1 aliphatic rings. The van der Waals surface area contributed by atoms with Crippen LogP contribution in [0.1, 0.15) is 30.7 Å². The van der Waals surface area contributed by atoms with E-state index in [0.29, 0.717) is 11.4 Å². The maximum absolute atomic E-state index is 5.64. The molecule has 1 atom stereocenters. The molecule has 2 aromatic rings. The van der Waals surface area contributed by atoms with Crippen LogP contribution in [0.2, 0.25) is 0 Å². The number of nitrogens with two attached hydrogens (primary N) is 1. The maximum Gasteiger partial charge on any atom is 0.0962 e. The van der Waals surface area contributed by atoms with Gasteiger partial charge in [0.05, 0.1) is 29.1 Å². The first-order valence-electron chi connectivity index (χ1n) is 8.37. The highest BCUT2D eigenvalue weighted by molar-refractivity contribution is 5.75. The third-order valence-corrected chi connectivity index (χ3v) is 4.59. The lowest BCUT2D eigenvalue weighted by Crippen LogP contribution is -2.30. The maximum atomic E-state index is 5.64. The molecule has 1 aromatic carbocycles. The zero-order valence-electron chi connectivity index (χ0n) is 14.8. The van der Waals surface area contributed by atoms with Gasteiger partial charge >= 0.3 is 0 Å². The van der Waals surface area contributed by atoms with E-state index in [1.54, 1.807) is 6.20 Å². The molecule has 0 saturated heterocycles. The average molecular weight is 332 g/mol. The van der Waals surface area contributed by atoms with Gasteiger partial charge in [-0.2, -0.15) is 0 Å². The van der Waals surface area contributed by atoms with Gasteiger partial charge < -0.3 is 16.4 Å². The molecule has 1 aliphatic carbocycles. The lowest BCUT2D eigenvalue weighted by Gasteiger charge is -2.20. The second kappa shape index (κ2) is 6.85. The van der Waals surface area contributed by atoms with Crippen molar-refractivity contribution in [2.24, 2.45) is 5.73 Å². The Balaban J connectivity index is 1.63. The van der Waals surface area contributed by atoms with Gasteiger partial charge in [0.15, 0.2) is 0 Å². The Bertz CT molecular complexity index is 846. The van der Waals surface area contributed by atoms with Crippen molar-refractivity contribution in [1.29, 1.82) is 0 Å². The molecule has 4 N–H and O–H groups in total. The number of benzene rings is 1. The fourth-order valence-corrected chi connectivity index (χ4v) is 3.25. The standard InChI is InChI=1S/C21H24N4/c1-13-19-8-6-5-7-17(19)11-20(13)15(3)24-16(4)25-18-9-10-21(14(2)22)23-12-18/h5-10,12,15,24-25H,2,4,11,22H2,1,3H3. The first-order valence-corrected chi connectivity index (χ1v) is 8.37. The lowest BCUT2D eigenvalue weighted by molar-refractivity contribution is 0.688. The van der Waals surface area contributed by atoms with Crippen molar-refractivity contribution in [3.05, 3.63) is 84.0 Å². The minimum Gasteiger partial charge on any atom is -0.397 e. The van der Waals surface area contributed by atoms with Crippen LogP contribution in [0.5, 0.6) is 0 Å². The molecule has 1 aromatic heterocycles. The summed E-state index contributed by atoms with van der Waals surface area (Å²) in [7, 11) is 0. The van der Waals surface area contributed by atoms with Crippen LogP contribution >= 0.6 is 0 Å². The number of hydrogen-bond donors (Lipinski definition) is 3. The van der Waals surface area contributed by atoms with E-state index in [9.17, 15) is 0 Å². The quantitative estimate of drug-likeness (QED) is 0.751. The highest BCUT2D eigenvalue weighted by Gasteiger charge is 2.22.